The van der Waals surface area contributed by atoms with E-state index in [2.05, 4.69) is 9.84 Å². The average Bonchev–Trinajstić information content (AvgIpc) is 2.69. The van der Waals surface area contributed by atoms with Crippen molar-refractivity contribution in [1.82, 2.24) is 9.78 Å². The Bertz CT molecular complexity index is 427. The molecule has 0 spiro atoms. The monoisotopic (exact) mass is 241 g/mol. The first-order valence-corrected chi connectivity index (χ1v) is 5.05. The largest absolute Gasteiger partial charge is 0.468 e. The Morgan fingerprint density at radius 3 is 2.76 bits per heavy atom. The second-order valence-electron chi connectivity index (χ2n) is 3.33. The molecular weight excluding hydrogens is 226 g/mol. The van der Waals surface area contributed by atoms with Crippen LogP contribution in [0.15, 0.2) is 6.20 Å². The fraction of sp³-hybridized carbons (Fsp3) is 0.500. The molecule has 0 aliphatic carbocycles. The number of methoxy groups -OCH3 is 1. The second-order valence-corrected chi connectivity index (χ2v) is 3.33. The van der Waals surface area contributed by atoms with Gasteiger partial charge in [-0.1, -0.05) is 0 Å². The number of nitrogens with zero attached hydrogens (tertiary/aromatic N) is 2. The van der Waals surface area contributed by atoms with Crippen LogP contribution < -0.4 is 5.73 Å². The summed E-state index contributed by atoms with van der Waals surface area (Å²) in [5, 5.41) is 3.92. The van der Waals surface area contributed by atoms with Gasteiger partial charge in [0.25, 0.3) is 0 Å². The van der Waals surface area contributed by atoms with Gasteiger partial charge in [0, 0.05) is 18.8 Å². The summed E-state index contributed by atoms with van der Waals surface area (Å²) in [4.78, 5) is 22.9. The standard InChI is InChI=1S/C10H15N3O4/c1-4-17-10(15)8-6(5-13(2)12-8)7(11)9(14)16-3/h5,7H,4,11H2,1-3H3. The first-order chi connectivity index (χ1) is 8.01. The van der Waals surface area contributed by atoms with Gasteiger partial charge in [0.15, 0.2) is 5.69 Å². The van der Waals surface area contributed by atoms with Crippen molar-refractivity contribution in [2.45, 2.75) is 13.0 Å². The van der Waals surface area contributed by atoms with E-state index in [0.29, 0.717) is 0 Å². The molecular formula is C10H15N3O4. The SMILES string of the molecule is CCOC(=O)c1nn(C)cc1C(N)C(=O)OC. The van der Waals surface area contributed by atoms with Crippen LogP contribution in [0.4, 0.5) is 0 Å². The van der Waals surface area contributed by atoms with Crippen LogP contribution in [0.3, 0.4) is 0 Å². The quantitative estimate of drug-likeness (QED) is 0.731. The van der Waals surface area contributed by atoms with E-state index in [4.69, 9.17) is 10.5 Å². The molecule has 0 saturated carbocycles. The van der Waals surface area contributed by atoms with E-state index in [-0.39, 0.29) is 17.9 Å². The summed E-state index contributed by atoms with van der Waals surface area (Å²) >= 11 is 0. The summed E-state index contributed by atoms with van der Waals surface area (Å²) in [5.74, 6) is -1.24. The average molecular weight is 241 g/mol. The number of hydrogen-bond acceptors (Lipinski definition) is 6. The maximum absolute atomic E-state index is 11.6. The molecule has 0 amide bonds. The van der Waals surface area contributed by atoms with Gasteiger partial charge < -0.3 is 15.2 Å². The molecule has 0 aliphatic rings. The third-order valence-corrected chi connectivity index (χ3v) is 2.12. The molecule has 1 atom stereocenters. The van der Waals surface area contributed by atoms with E-state index in [1.807, 2.05) is 0 Å². The number of carbonyl (C=O) groups is 2. The molecule has 0 aliphatic heterocycles. The maximum atomic E-state index is 11.6. The van der Waals surface area contributed by atoms with Crippen LogP contribution in [0.1, 0.15) is 29.0 Å². The molecule has 0 saturated heterocycles. The number of nitrogens with two attached hydrogens (primary N) is 1. The summed E-state index contributed by atoms with van der Waals surface area (Å²) in [7, 11) is 2.85. The number of esters is 2. The van der Waals surface area contributed by atoms with Gasteiger partial charge in [-0.3, -0.25) is 9.48 Å². The summed E-state index contributed by atoms with van der Waals surface area (Å²) < 4.78 is 10.7. The molecule has 0 bridgehead atoms. The lowest BCUT2D eigenvalue weighted by atomic mass is 10.1. The Kier molecular flexibility index (Phi) is 4.22. The first kappa shape index (κ1) is 13.2. The molecule has 1 heterocycles. The van der Waals surface area contributed by atoms with Gasteiger partial charge in [-0.05, 0) is 6.92 Å². The van der Waals surface area contributed by atoms with Crippen LogP contribution in [-0.2, 0) is 21.3 Å². The molecule has 1 aromatic rings. The Labute approximate surface area is 98.5 Å². The molecule has 7 heteroatoms. The van der Waals surface area contributed by atoms with Crippen molar-refractivity contribution in [3.05, 3.63) is 17.5 Å². The fourth-order valence-corrected chi connectivity index (χ4v) is 1.35. The molecule has 0 radical (unpaired) electrons. The minimum absolute atomic E-state index is 0.0345. The maximum Gasteiger partial charge on any atom is 0.359 e. The highest BCUT2D eigenvalue weighted by Crippen LogP contribution is 2.16. The Hall–Kier alpha value is -1.89. The molecule has 17 heavy (non-hydrogen) atoms. The zero-order valence-electron chi connectivity index (χ0n) is 9.97. The summed E-state index contributed by atoms with van der Waals surface area (Å²) in [6, 6.07) is -1.05. The first-order valence-electron chi connectivity index (χ1n) is 5.05. The van der Waals surface area contributed by atoms with Crippen LogP contribution in [0.2, 0.25) is 0 Å². The van der Waals surface area contributed by atoms with Crippen molar-refractivity contribution in [1.29, 1.82) is 0 Å². The number of carbonyl (C=O) groups excluding carboxylic acids is 2. The Morgan fingerprint density at radius 2 is 2.24 bits per heavy atom. The summed E-state index contributed by atoms with van der Waals surface area (Å²) in [6.45, 7) is 1.91. The number of ether oxygens (including phenoxy) is 2. The van der Waals surface area contributed by atoms with Gasteiger partial charge >= 0.3 is 11.9 Å². The van der Waals surface area contributed by atoms with Crippen molar-refractivity contribution in [3.8, 4) is 0 Å². The number of hydrogen-bond donors (Lipinski definition) is 1. The topological polar surface area (TPSA) is 96.4 Å². The lowest BCUT2D eigenvalue weighted by Gasteiger charge is -2.08. The van der Waals surface area contributed by atoms with Gasteiger partial charge in [0.1, 0.15) is 6.04 Å². The van der Waals surface area contributed by atoms with Crippen molar-refractivity contribution in [2.24, 2.45) is 12.8 Å². The third-order valence-electron chi connectivity index (χ3n) is 2.12. The smallest absolute Gasteiger partial charge is 0.359 e. The normalized spacial score (nSPS) is 12.0. The van der Waals surface area contributed by atoms with Gasteiger partial charge in [-0.15, -0.1) is 0 Å². The van der Waals surface area contributed by atoms with E-state index in [9.17, 15) is 9.59 Å². The molecule has 1 rings (SSSR count). The Balaban J connectivity index is 3.07. The second kappa shape index (κ2) is 5.44. The molecule has 0 aromatic carbocycles. The van der Waals surface area contributed by atoms with E-state index < -0.39 is 18.0 Å². The zero-order chi connectivity index (χ0) is 13.0. The Morgan fingerprint density at radius 1 is 1.59 bits per heavy atom. The van der Waals surface area contributed by atoms with Crippen LogP contribution in [0.25, 0.3) is 0 Å². The van der Waals surface area contributed by atoms with Crippen molar-refractivity contribution < 1.29 is 19.1 Å². The highest BCUT2D eigenvalue weighted by molar-refractivity contribution is 5.91. The van der Waals surface area contributed by atoms with Crippen LogP contribution >= 0.6 is 0 Å². The van der Waals surface area contributed by atoms with Crippen molar-refractivity contribution in [2.75, 3.05) is 13.7 Å². The van der Waals surface area contributed by atoms with Gasteiger partial charge in [0.05, 0.1) is 13.7 Å². The highest BCUT2D eigenvalue weighted by Gasteiger charge is 2.26. The minimum Gasteiger partial charge on any atom is -0.468 e. The molecule has 1 aromatic heterocycles. The van der Waals surface area contributed by atoms with Gasteiger partial charge in [-0.2, -0.15) is 5.10 Å². The fourth-order valence-electron chi connectivity index (χ4n) is 1.35. The zero-order valence-corrected chi connectivity index (χ0v) is 9.97. The van der Waals surface area contributed by atoms with Crippen molar-refractivity contribution >= 4 is 11.9 Å². The molecule has 0 fully saturated rings. The van der Waals surface area contributed by atoms with Gasteiger partial charge in [0.2, 0.25) is 0 Å². The predicted molar refractivity (Wildman–Crippen MR) is 58.1 cm³/mol. The minimum atomic E-state index is -1.05. The van der Waals surface area contributed by atoms with Gasteiger partial charge in [-0.25, -0.2) is 4.79 Å². The number of aryl methyl sites for hydroxylation is 1. The predicted octanol–water partition coefficient (Wildman–Crippen LogP) is -0.230. The highest BCUT2D eigenvalue weighted by atomic mass is 16.5. The molecule has 2 N–H and O–H groups in total. The lowest BCUT2D eigenvalue weighted by molar-refractivity contribution is -0.142. The van der Waals surface area contributed by atoms with Crippen LogP contribution in [0, 0.1) is 0 Å². The summed E-state index contributed by atoms with van der Waals surface area (Å²) in [6.07, 6.45) is 1.49. The lowest BCUT2D eigenvalue weighted by Crippen LogP contribution is -2.24. The molecule has 94 valence electrons. The van der Waals surface area contributed by atoms with E-state index in [1.54, 1.807) is 14.0 Å². The molecule has 1 unspecified atom stereocenters. The summed E-state index contributed by atoms with van der Waals surface area (Å²) in [5.41, 5.74) is 5.99. The van der Waals surface area contributed by atoms with Crippen LogP contribution in [-0.4, -0.2) is 35.4 Å². The third kappa shape index (κ3) is 2.82. The van der Waals surface area contributed by atoms with Crippen LogP contribution in [0.5, 0.6) is 0 Å². The molecule has 7 nitrogen and oxygen atoms in total. The number of aromatic nitrogens is 2. The van der Waals surface area contributed by atoms with Crippen molar-refractivity contribution in [3.63, 3.8) is 0 Å². The van der Waals surface area contributed by atoms with E-state index >= 15 is 0 Å². The number of rotatable bonds is 4. The van der Waals surface area contributed by atoms with E-state index in [1.165, 1.54) is 18.0 Å². The van der Waals surface area contributed by atoms with E-state index in [0.717, 1.165) is 0 Å².